The maximum Gasteiger partial charge on any atom is 0.242 e. The lowest BCUT2D eigenvalue weighted by Crippen LogP contribution is -2.45. The predicted octanol–water partition coefficient (Wildman–Crippen LogP) is -0.126. The minimum Gasteiger partial charge on any atom is -0.368 e. The minimum absolute atomic E-state index is 0.0841. The molecule has 1 aromatic heterocycles. The van der Waals surface area contributed by atoms with E-state index < -0.39 is 17.3 Å². The van der Waals surface area contributed by atoms with Crippen molar-refractivity contribution < 1.29 is 9.18 Å². The van der Waals surface area contributed by atoms with Crippen molar-refractivity contribution in [3.63, 3.8) is 0 Å². The molecule has 1 amide bonds. The molecular weight excluding hydrogens is 201 g/mol. The number of nitrogens with zero attached hydrogens (tertiary/aromatic N) is 2. The van der Waals surface area contributed by atoms with Crippen molar-refractivity contribution in [3.05, 3.63) is 12.0 Å². The Kier molecular flexibility index (Phi) is 2.74. The van der Waals surface area contributed by atoms with Crippen LogP contribution in [-0.2, 0) is 4.79 Å². The molecule has 0 atom stereocenters. The number of anilines is 2. The molecule has 0 unspecified atom stereocenters. The van der Waals surface area contributed by atoms with Crippen LogP contribution in [0.3, 0.4) is 0 Å². The molecule has 0 aliphatic carbocycles. The SMILES string of the molecule is CC(C)(Nc1nc(N)ncc1F)C(N)=O. The van der Waals surface area contributed by atoms with E-state index in [-0.39, 0.29) is 11.8 Å². The van der Waals surface area contributed by atoms with Crippen molar-refractivity contribution in [2.75, 3.05) is 11.1 Å². The highest BCUT2D eigenvalue weighted by Crippen LogP contribution is 2.16. The fourth-order valence-corrected chi connectivity index (χ4v) is 0.826. The largest absolute Gasteiger partial charge is 0.368 e. The first-order valence-corrected chi connectivity index (χ1v) is 4.19. The van der Waals surface area contributed by atoms with Crippen LogP contribution in [-0.4, -0.2) is 21.4 Å². The van der Waals surface area contributed by atoms with Crippen molar-refractivity contribution in [1.29, 1.82) is 0 Å². The first kappa shape index (κ1) is 11.2. The van der Waals surface area contributed by atoms with Crippen molar-refractivity contribution in [1.82, 2.24) is 9.97 Å². The maximum atomic E-state index is 13.2. The normalized spacial score (nSPS) is 11.1. The number of carbonyl (C=O) groups is 1. The minimum atomic E-state index is -1.11. The van der Waals surface area contributed by atoms with Crippen LogP contribution < -0.4 is 16.8 Å². The van der Waals surface area contributed by atoms with Crippen LogP contribution in [0, 0.1) is 5.82 Å². The monoisotopic (exact) mass is 213 g/mol. The Hall–Kier alpha value is -1.92. The third-order valence-corrected chi connectivity index (χ3v) is 1.81. The molecule has 0 aliphatic heterocycles. The molecule has 1 aromatic rings. The molecule has 0 aliphatic rings. The summed E-state index contributed by atoms with van der Waals surface area (Å²) in [6.07, 6.45) is 0.918. The number of carbonyl (C=O) groups excluding carboxylic acids is 1. The van der Waals surface area contributed by atoms with Gasteiger partial charge in [-0.1, -0.05) is 0 Å². The van der Waals surface area contributed by atoms with Crippen LogP contribution >= 0.6 is 0 Å². The molecule has 5 N–H and O–H groups in total. The summed E-state index contributed by atoms with van der Waals surface area (Å²) >= 11 is 0. The standard InChI is InChI=1S/C8H12FN5O/c1-8(2,6(10)15)14-5-4(9)3-12-7(11)13-5/h3H,1-2H3,(H2,10,15)(H3,11,12,13,14). The van der Waals surface area contributed by atoms with E-state index in [2.05, 4.69) is 15.3 Å². The molecule has 0 radical (unpaired) electrons. The number of hydrogen-bond acceptors (Lipinski definition) is 5. The van der Waals surface area contributed by atoms with Crippen molar-refractivity contribution >= 4 is 17.7 Å². The summed E-state index contributed by atoms with van der Waals surface area (Å²) in [7, 11) is 0. The lowest BCUT2D eigenvalue weighted by molar-refractivity contribution is -0.121. The van der Waals surface area contributed by atoms with Crippen molar-refractivity contribution in [2.45, 2.75) is 19.4 Å². The molecule has 0 spiro atoms. The number of amides is 1. The van der Waals surface area contributed by atoms with Gasteiger partial charge >= 0.3 is 0 Å². The van der Waals surface area contributed by atoms with E-state index >= 15 is 0 Å². The number of nitrogen functional groups attached to an aromatic ring is 1. The average molecular weight is 213 g/mol. The highest BCUT2D eigenvalue weighted by atomic mass is 19.1. The summed E-state index contributed by atoms with van der Waals surface area (Å²) in [5, 5.41) is 2.55. The van der Waals surface area contributed by atoms with E-state index in [1.165, 1.54) is 13.8 Å². The number of nitrogens with one attached hydrogen (secondary N) is 1. The van der Waals surface area contributed by atoms with Crippen LogP contribution in [0.2, 0.25) is 0 Å². The summed E-state index contributed by atoms with van der Waals surface area (Å²) in [5.41, 5.74) is 9.28. The van der Waals surface area contributed by atoms with Gasteiger partial charge in [-0.15, -0.1) is 0 Å². The molecule has 7 heteroatoms. The molecule has 0 aromatic carbocycles. The second-order valence-corrected chi connectivity index (χ2v) is 3.54. The van der Waals surface area contributed by atoms with Gasteiger partial charge in [0.25, 0.3) is 0 Å². The van der Waals surface area contributed by atoms with E-state index in [4.69, 9.17) is 11.5 Å². The van der Waals surface area contributed by atoms with E-state index in [1.807, 2.05) is 0 Å². The molecule has 0 bridgehead atoms. The number of aromatic nitrogens is 2. The Morgan fingerprint density at radius 1 is 1.60 bits per heavy atom. The van der Waals surface area contributed by atoms with Gasteiger partial charge < -0.3 is 16.8 Å². The number of hydrogen-bond donors (Lipinski definition) is 3. The van der Waals surface area contributed by atoms with Gasteiger partial charge in [0, 0.05) is 0 Å². The number of primary amides is 1. The zero-order valence-corrected chi connectivity index (χ0v) is 8.41. The van der Waals surface area contributed by atoms with Gasteiger partial charge in [-0.25, -0.2) is 9.37 Å². The first-order valence-electron chi connectivity index (χ1n) is 4.19. The lowest BCUT2D eigenvalue weighted by atomic mass is 10.1. The topological polar surface area (TPSA) is 107 Å². The third kappa shape index (κ3) is 2.52. The molecule has 1 heterocycles. The second-order valence-electron chi connectivity index (χ2n) is 3.54. The van der Waals surface area contributed by atoms with Gasteiger partial charge in [-0.05, 0) is 13.8 Å². The Labute approximate surface area is 85.9 Å². The van der Waals surface area contributed by atoms with Crippen molar-refractivity contribution in [2.24, 2.45) is 5.73 Å². The van der Waals surface area contributed by atoms with Gasteiger partial charge in [0.15, 0.2) is 11.6 Å². The number of rotatable bonds is 3. The summed E-state index contributed by atoms with van der Waals surface area (Å²) < 4.78 is 13.2. The van der Waals surface area contributed by atoms with Crippen LogP contribution in [0.15, 0.2) is 6.20 Å². The van der Waals surface area contributed by atoms with Gasteiger partial charge in [-0.2, -0.15) is 4.98 Å². The predicted molar refractivity (Wildman–Crippen MR) is 53.3 cm³/mol. The molecular formula is C8H12FN5O. The summed E-state index contributed by atoms with van der Waals surface area (Å²) in [4.78, 5) is 18.0. The Bertz CT molecular complexity index is 393. The van der Waals surface area contributed by atoms with E-state index in [0.29, 0.717) is 0 Å². The van der Waals surface area contributed by atoms with Gasteiger partial charge in [-0.3, -0.25) is 4.79 Å². The van der Waals surface area contributed by atoms with Crippen LogP contribution in [0.5, 0.6) is 0 Å². The number of nitrogens with two attached hydrogens (primary N) is 2. The van der Waals surface area contributed by atoms with E-state index in [1.54, 1.807) is 0 Å². The molecule has 1 rings (SSSR count). The zero-order valence-electron chi connectivity index (χ0n) is 8.41. The highest BCUT2D eigenvalue weighted by molar-refractivity contribution is 5.86. The quantitative estimate of drug-likeness (QED) is 0.648. The Morgan fingerprint density at radius 3 is 2.73 bits per heavy atom. The van der Waals surface area contributed by atoms with E-state index in [9.17, 15) is 9.18 Å². The smallest absolute Gasteiger partial charge is 0.242 e. The fraction of sp³-hybridized carbons (Fsp3) is 0.375. The first-order chi connectivity index (χ1) is 6.83. The van der Waals surface area contributed by atoms with Crippen LogP contribution in [0.25, 0.3) is 0 Å². The number of halogens is 1. The van der Waals surface area contributed by atoms with Gasteiger partial charge in [0.05, 0.1) is 6.20 Å². The third-order valence-electron chi connectivity index (χ3n) is 1.81. The molecule has 0 fully saturated rings. The average Bonchev–Trinajstić information content (AvgIpc) is 2.10. The van der Waals surface area contributed by atoms with Crippen LogP contribution in [0.1, 0.15) is 13.8 Å². The summed E-state index contributed by atoms with van der Waals surface area (Å²) in [6.45, 7) is 3.01. The molecule has 6 nitrogen and oxygen atoms in total. The zero-order chi connectivity index (χ0) is 11.6. The van der Waals surface area contributed by atoms with E-state index in [0.717, 1.165) is 6.20 Å². The Morgan fingerprint density at radius 2 is 2.20 bits per heavy atom. The van der Waals surface area contributed by atoms with Crippen LogP contribution in [0.4, 0.5) is 16.2 Å². The summed E-state index contributed by atoms with van der Waals surface area (Å²) in [6, 6.07) is 0. The van der Waals surface area contributed by atoms with Gasteiger partial charge in [0.2, 0.25) is 11.9 Å². The second kappa shape index (κ2) is 3.68. The van der Waals surface area contributed by atoms with Crippen molar-refractivity contribution in [3.8, 4) is 0 Å². The summed E-state index contributed by atoms with van der Waals surface area (Å²) in [5.74, 6) is -1.55. The lowest BCUT2D eigenvalue weighted by Gasteiger charge is -2.22. The molecule has 82 valence electrons. The molecule has 15 heavy (non-hydrogen) atoms. The Balaban J connectivity index is 2.99. The maximum absolute atomic E-state index is 13.2. The van der Waals surface area contributed by atoms with Gasteiger partial charge in [0.1, 0.15) is 5.54 Å². The molecule has 0 saturated heterocycles. The highest BCUT2D eigenvalue weighted by Gasteiger charge is 2.26. The fourth-order valence-electron chi connectivity index (χ4n) is 0.826. The molecule has 0 saturated carbocycles.